The lowest BCUT2D eigenvalue weighted by Gasteiger charge is -2.09. The molecule has 0 atom stereocenters. The molecule has 0 saturated heterocycles. The van der Waals surface area contributed by atoms with Crippen LogP contribution in [-0.2, 0) is 4.74 Å². The molecule has 24 heavy (non-hydrogen) atoms. The van der Waals surface area contributed by atoms with Gasteiger partial charge in [-0.3, -0.25) is 10.1 Å². The van der Waals surface area contributed by atoms with E-state index in [-0.39, 0.29) is 22.4 Å². The Morgan fingerprint density at radius 2 is 1.88 bits per heavy atom. The number of esters is 1. The Balaban J connectivity index is 2.12. The molecule has 6 nitrogen and oxygen atoms in total. The predicted molar refractivity (Wildman–Crippen MR) is 89.7 cm³/mol. The third-order valence-corrected chi connectivity index (χ3v) is 3.22. The average Bonchev–Trinajstić information content (AvgIpc) is 2.54. The fourth-order valence-electron chi connectivity index (χ4n) is 1.83. The van der Waals surface area contributed by atoms with E-state index in [0.717, 1.165) is 0 Å². The third-order valence-electron chi connectivity index (χ3n) is 2.98. The largest absolute Gasteiger partial charge is 0.462 e. The Morgan fingerprint density at radius 3 is 2.46 bits per heavy atom. The van der Waals surface area contributed by atoms with Gasteiger partial charge < -0.3 is 9.47 Å². The van der Waals surface area contributed by atoms with Crippen molar-refractivity contribution in [2.24, 2.45) is 5.92 Å². The van der Waals surface area contributed by atoms with Gasteiger partial charge in [-0.05, 0) is 42.3 Å². The number of hydrogen-bond acceptors (Lipinski definition) is 5. The molecule has 7 heteroatoms. The summed E-state index contributed by atoms with van der Waals surface area (Å²) in [6.07, 6.45) is 0. The SMILES string of the molecule is CC(C)COC(=O)c1ccc(Oc2ccc(Cl)cc2[N+](=O)[O-])cc1. The van der Waals surface area contributed by atoms with E-state index in [1.807, 2.05) is 13.8 Å². The fraction of sp³-hybridized carbons (Fsp3) is 0.235. The smallest absolute Gasteiger partial charge is 0.338 e. The number of halogens is 1. The number of benzene rings is 2. The van der Waals surface area contributed by atoms with E-state index in [0.29, 0.717) is 17.9 Å². The van der Waals surface area contributed by atoms with Crippen LogP contribution in [0.15, 0.2) is 42.5 Å². The number of rotatable bonds is 6. The zero-order valence-corrected chi connectivity index (χ0v) is 13.9. The van der Waals surface area contributed by atoms with Gasteiger partial charge in [0.15, 0.2) is 0 Å². The highest BCUT2D eigenvalue weighted by molar-refractivity contribution is 6.30. The van der Waals surface area contributed by atoms with E-state index < -0.39 is 10.9 Å². The van der Waals surface area contributed by atoms with E-state index >= 15 is 0 Å². The van der Waals surface area contributed by atoms with Gasteiger partial charge >= 0.3 is 11.7 Å². The van der Waals surface area contributed by atoms with Gasteiger partial charge in [0.1, 0.15) is 5.75 Å². The van der Waals surface area contributed by atoms with Gasteiger partial charge in [0, 0.05) is 11.1 Å². The van der Waals surface area contributed by atoms with Crippen molar-refractivity contribution in [1.82, 2.24) is 0 Å². The highest BCUT2D eigenvalue weighted by Crippen LogP contribution is 2.33. The van der Waals surface area contributed by atoms with Crippen LogP contribution in [-0.4, -0.2) is 17.5 Å². The van der Waals surface area contributed by atoms with Gasteiger partial charge in [-0.1, -0.05) is 25.4 Å². The first-order chi connectivity index (χ1) is 11.4. The highest BCUT2D eigenvalue weighted by Gasteiger charge is 2.17. The van der Waals surface area contributed by atoms with Crippen molar-refractivity contribution in [2.45, 2.75) is 13.8 Å². The molecule has 0 fully saturated rings. The van der Waals surface area contributed by atoms with Crippen molar-refractivity contribution < 1.29 is 19.2 Å². The number of ether oxygens (including phenoxy) is 2. The molecule has 2 aromatic carbocycles. The molecule has 2 rings (SSSR count). The Bertz CT molecular complexity index is 743. The van der Waals surface area contributed by atoms with Crippen LogP contribution in [0.1, 0.15) is 24.2 Å². The lowest BCUT2D eigenvalue weighted by atomic mass is 10.2. The zero-order chi connectivity index (χ0) is 17.7. The molecule has 0 unspecified atom stereocenters. The van der Waals surface area contributed by atoms with Crippen LogP contribution in [0.4, 0.5) is 5.69 Å². The average molecular weight is 350 g/mol. The van der Waals surface area contributed by atoms with E-state index in [1.165, 1.54) is 18.2 Å². The lowest BCUT2D eigenvalue weighted by Crippen LogP contribution is -2.09. The summed E-state index contributed by atoms with van der Waals surface area (Å²) in [4.78, 5) is 22.3. The Morgan fingerprint density at radius 1 is 1.21 bits per heavy atom. The quantitative estimate of drug-likeness (QED) is 0.423. The summed E-state index contributed by atoms with van der Waals surface area (Å²) in [5.74, 6) is 0.259. The van der Waals surface area contributed by atoms with Crippen molar-refractivity contribution in [3.8, 4) is 11.5 Å². The summed E-state index contributed by atoms with van der Waals surface area (Å²) in [5.41, 5.74) is 0.150. The number of hydrogen-bond donors (Lipinski definition) is 0. The summed E-state index contributed by atoms with van der Waals surface area (Å²) in [6.45, 7) is 4.24. The fourth-order valence-corrected chi connectivity index (χ4v) is 2.00. The van der Waals surface area contributed by atoms with Gasteiger partial charge in [-0.25, -0.2) is 4.79 Å². The second-order valence-electron chi connectivity index (χ2n) is 5.49. The first kappa shape index (κ1) is 17.7. The van der Waals surface area contributed by atoms with Crippen molar-refractivity contribution in [3.63, 3.8) is 0 Å². The van der Waals surface area contributed by atoms with Crippen LogP contribution >= 0.6 is 11.6 Å². The monoisotopic (exact) mass is 349 g/mol. The summed E-state index contributed by atoms with van der Waals surface area (Å²) >= 11 is 5.76. The molecule has 0 radical (unpaired) electrons. The summed E-state index contributed by atoms with van der Waals surface area (Å²) < 4.78 is 10.6. The Hall–Kier alpha value is -2.60. The van der Waals surface area contributed by atoms with Crippen molar-refractivity contribution in [3.05, 3.63) is 63.2 Å². The number of nitrogens with zero attached hydrogens (tertiary/aromatic N) is 1. The van der Waals surface area contributed by atoms with Crippen molar-refractivity contribution >= 4 is 23.3 Å². The molecule has 2 aromatic rings. The normalized spacial score (nSPS) is 10.5. The molecule has 0 bridgehead atoms. The molecule has 0 aliphatic rings. The topological polar surface area (TPSA) is 78.7 Å². The maximum atomic E-state index is 11.8. The van der Waals surface area contributed by atoms with E-state index in [9.17, 15) is 14.9 Å². The zero-order valence-electron chi connectivity index (χ0n) is 13.2. The molecular weight excluding hydrogens is 334 g/mol. The van der Waals surface area contributed by atoms with Crippen LogP contribution in [0.5, 0.6) is 11.5 Å². The third kappa shape index (κ3) is 4.70. The molecule has 0 spiro atoms. The van der Waals surface area contributed by atoms with Crippen LogP contribution < -0.4 is 4.74 Å². The number of carbonyl (C=O) groups excluding carboxylic acids is 1. The molecule has 0 aliphatic carbocycles. The van der Waals surface area contributed by atoms with E-state index in [2.05, 4.69) is 0 Å². The van der Waals surface area contributed by atoms with Crippen LogP contribution in [0.3, 0.4) is 0 Å². The Labute approximate surface area is 144 Å². The van der Waals surface area contributed by atoms with Crippen LogP contribution in [0.25, 0.3) is 0 Å². The van der Waals surface area contributed by atoms with E-state index in [4.69, 9.17) is 21.1 Å². The van der Waals surface area contributed by atoms with Crippen LogP contribution in [0.2, 0.25) is 5.02 Å². The summed E-state index contributed by atoms with van der Waals surface area (Å²) in [5, 5.41) is 11.3. The van der Waals surface area contributed by atoms with Gasteiger partial charge in [-0.2, -0.15) is 0 Å². The molecule has 0 aromatic heterocycles. The predicted octanol–water partition coefficient (Wildman–Crippen LogP) is 4.85. The minimum atomic E-state index is -0.571. The number of nitro benzene ring substituents is 1. The molecule has 0 saturated carbocycles. The minimum absolute atomic E-state index is 0.0690. The summed E-state index contributed by atoms with van der Waals surface area (Å²) in [7, 11) is 0. The highest BCUT2D eigenvalue weighted by atomic mass is 35.5. The lowest BCUT2D eigenvalue weighted by molar-refractivity contribution is -0.385. The maximum absolute atomic E-state index is 11.8. The van der Waals surface area contributed by atoms with Gasteiger partial charge in [0.25, 0.3) is 0 Å². The maximum Gasteiger partial charge on any atom is 0.338 e. The van der Waals surface area contributed by atoms with Gasteiger partial charge in [-0.15, -0.1) is 0 Å². The standard InChI is InChI=1S/C17H16ClNO5/c1-11(2)10-23-17(20)12-3-6-14(7-4-12)24-16-8-5-13(18)9-15(16)19(21)22/h3-9,11H,10H2,1-2H3. The molecule has 126 valence electrons. The molecule has 0 aliphatic heterocycles. The van der Waals surface area contributed by atoms with Gasteiger partial charge in [0.2, 0.25) is 5.75 Å². The van der Waals surface area contributed by atoms with E-state index in [1.54, 1.807) is 24.3 Å². The first-order valence-electron chi connectivity index (χ1n) is 7.26. The molecule has 0 heterocycles. The number of nitro groups is 1. The summed E-state index contributed by atoms with van der Waals surface area (Å²) in [6, 6.07) is 10.3. The van der Waals surface area contributed by atoms with Gasteiger partial charge in [0.05, 0.1) is 17.1 Å². The minimum Gasteiger partial charge on any atom is -0.462 e. The molecule has 0 N–H and O–H groups in total. The van der Waals surface area contributed by atoms with Crippen LogP contribution in [0, 0.1) is 16.0 Å². The second kappa shape index (κ2) is 7.79. The molecular formula is C17H16ClNO5. The Kier molecular flexibility index (Phi) is 5.76. The van der Waals surface area contributed by atoms with Crippen molar-refractivity contribution in [2.75, 3.05) is 6.61 Å². The second-order valence-corrected chi connectivity index (χ2v) is 5.92. The first-order valence-corrected chi connectivity index (χ1v) is 7.63. The number of carbonyl (C=O) groups is 1. The molecule has 0 amide bonds. The van der Waals surface area contributed by atoms with Crippen molar-refractivity contribution in [1.29, 1.82) is 0 Å².